The number of ether oxygens (including phenoxy) is 7. The number of hydrogen-bond donors (Lipinski definition) is 0. The molecule has 3 aliphatic carbocycles. The number of carbonyl (C=O) groups is 2. The van der Waals surface area contributed by atoms with Crippen LogP contribution in [0.1, 0.15) is 45.6 Å². The number of carbonyl (C=O) groups excluding carboxylic acids is 2. The van der Waals surface area contributed by atoms with Crippen molar-refractivity contribution in [3.05, 3.63) is 45.0 Å². The van der Waals surface area contributed by atoms with Gasteiger partial charge in [-0.2, -0.15) is 0 Å². The van der Waals surface area contributed by atoms with Crippen LogP contribution in [-0.2, 0) is 33.3 Å². The first-order valence-corrected chi connectivity index (χ1v) is 14.7. The van der Waals surface area contributed by atoms with Crippen molar-refractivity contribution in [2.24, 2.45) is 17.3 Å². The van der Waals surface area contributed by atoms with Crippen LogP contribution in [0.2, 0.25) is 0 Å². The van der Waals surface area contributed by atoms with Crippen LogP contribution in [-0.4, -0.2) is 78.9 Å². The molecule has 9 atom stereocenters. The minimum Gasteiger partial charge on any atom is -0.493 e. The average molecular weight is 596 g/mol. The lowest BCUT2D eigenvalue weighted by Gasteiger charge is -2.53. The van der Waals surface area contributed by atoms with E-state index in [2.05, 4.69) is 20.8 Å². The second-order valence-electron chi connectivity index (χ2n) is 13.2. The van der Waals surface area contributed by atoms with Gasteiger partial charge in [-0.25, -0.2) is 9.59 Å². The lowest BCUT2D eigenvalue weighted by molar-refractivity contribution is -0.385. The molecule has 0 amide bonds. The largest absolute Gasteiger partial charge is 0.493 e. The molecule has 7 aliphatic rings. The number of cyclic esters (lactones) is 1. The zero-order valence-electron chi connectivity index (χ0n) is 24.5. The minimum atomic E-state index is -0.868. The van der Waals surface area contributed by atoms with Crippen LogP contribution < -0.4 is 9.47 Å². The molecular weight excluding hydrogens is 562 g/mol. The molecule has 0 aromatic heterocycles. The molecule has 12 heteroatoms. The minimum absolute atomic E-state index is 0.00577. The smallest absolute Gasteiger partial charge is 0.334 e. The zero-order valence-corrected chi connectivity index (χ0v) is 24.5. The van der Waals surface area contributed by atoms with Crippen LogP contribution in [0.5, 0.6) is 11.5 Å². The van der Waals surface area contributed by atoms with Gasteiger partial charge in [-0.1, -0.05) is 20.8 Å². The highest BCUT2D eigenvalue weighted by atomic mass is 16.8. The predicted octanol–water partition coefficient (Wildman–Crippen LogP) is 3.29. The molecule has 0 radical (unpaired) electrons. The third-order valence-corrected chi connectivity index (χ3v) is 11.4. The maximum absolute atomic E-state index is 13.5. The monoisotopic (exact) mass is 595 g/mol. The summed E-state index contributed by atoms with van der Waals surface area (Å²) in [7, 11) is 2.71. The Bertz CT molecular complexity index is 1570. The normalized spacial score (nSPS) is 42.6. The molecule has 5 fully saturated rings. The Balaban J connectivity index is 1.13. The van der Waals surface area contributed by atoms with E-state index in [1.165, 1.54) is 32.4 Å². The lowest BCUT2D eigenvalue weighted by atomic mass is 9.46. The molecule has 2 spiro atoms. The van der Waals surface area contributed by atoms with E-state index in [1.807, 2.05) is 0 Å². The molecule has 12 nitrogen and oxygen atoms in total. The predicted molar refractivity (Wildman–Crippen MR) is 146 cm³/mol. The van der Waals surface area contributed by atoms with E-state index in [4.69, 9.17) is 33.2 Å². The summed E-state index contributed by atoms with van der Waals surface area (Å²) < 4.78 is 42.0. The molecule has 2 saturated carbocycles. The molecule has 228 valence electrons. The average Bonchev–Trinajstić information content (AvgIpc) is 3.89. The molecular formula is C31H33NO11. The Morgan fingerprint density at radius 2 is 1.95 bits per heavy atom. The van der Waals surface area contributed by atoms with Gasteiger partial charge in [0.2, 0.25) is 5.75 Å². The van der Waals surface area contributed by atoms with E-state index in [1.54, 1.807) is 6.07 Å². The van der Waals surface area contributed by atoms with Gasteiger partial charge in [-0.15, -0.1) is 0 Å². The van der Waals surface area contributed by atoms with Crippen LogP contribution in [0.4, 0.5) is 5.69 Å². The Hall–Kier alpha value is -3.48. The second kappa shape index (κ2) is 8.36. The Kier molecular flexibility index (Phi) is 5.27. The number of benzene rings is 1. The van der Waals surface area contributed by atoms with Gasteiger partial charge in [-0.3, -0.25) is 10.1 Å². The van der Waals surface area contributed by atoms with Crippen LogP contribution in [0.3, 0.4) is 0 Å². The van der Waals surface area contributed by atoms with E-state index in [-0.39, 0.29) is 58.7 Å². The number of nitro groups is 1. The first-order chi connectivity index (χ1) is 20.5. The highest BCUT2D eigenvalue weighted by molar-refractivity contribution is 5.92. The third-order valence-electron chi connectivity index (χ3n) is 11.4. The fraction of sp³-hybridized carbons (Fsp3) is 0.613. The number of hydrogen-bond acceptors (Lipinski definition) is 11. The number of fused-ring (bicyclic) bond motifs is 4. The van der Waals surface area contributed by atoms with E-state index in [0.29, 0.717) is 25.0 Å². The molecule has 1 aromatic rings. The molecule has 3 saturated heterocycles. The highest BCUT2D eigenvalue weighted by Gasteiger charge is 3.01. The van der Waals surface area contributed by atoms with Crippen molar-refractivity contribution < 1.29 is 47.7 Å². The molecule has 0 unspecified atom stereocenters. The van der Waals surface area contributed by atoms with E-state index >= 15 is 0 Å². The van der Waals surface area contributed by atoms with E-state index < -0.39 is 33.8 Å². The van der Waals surface area contributed by atoms with Crippen molar-refractivity contribution in [1.82, 2.24) is 0 Å². The summed E-state index contributed by atoms with van der Waals surface area (Å²) in [5.74, 6) is -0.596. The maximum Gasteiger partial charge on any atom is 0.334 e. The first-order valence-electron chi connectivity index (χ1n) is 14.7. The van der Waals surface area contributed by atoms with Gasteiger partial charge in [0.05, 0.1) is 25.2 Å². The molecule has 1 aromatic carbocycles. The van der Waals surface area contributed by atoms with Crippen LogP contribution in [0.15, 0.2) is 29.4 Å². The topological polar surface area (TPSA) is 152 Å². The third kappa shape index (κ3) is 3.06. The molecule has 4 aliphatic heterocycles. The summed E-state index contributed by atoms with van der Waals surface area (Å²) >= 11 is 0. The maximum atomic E-state index is 13.5. The Morgan fingerprint density at radius 1 is 1.16 bits per heavy atom. The quantitative estimate of drug-likeness (QED) is 0.150. The summed E-state index contributed by atoms with van der Waals surface area (Å²) in [6.07, 6.45) is 3.36. The standard InChI is InChI=1S/C31H33NO11/c1-14(2)29-24(42-29)25-31(43-25)28(3)9-8-16-17(13-39-26(16)34)18(28)12-21-30(31,41-21)27(29)40-22(33)7-6-15-10-19(32(35)36)23(38-5)20(11-15)37-4/h6-7,10-11,14,18,21,24-25,27H,8-9,12-13H2,1-5H3/b7-6+/t18-,21-,24-,25-,27+,28-,29-,30+,31+/m0/s1. The van der Waals surface area contributed by atoms with Gasteiger partial charge in [0.25, 0.3) is 0 Å². The number of nitrogens with zero attached hydrogens (tertiary/aromatic N) is 1. The SMILES string of the molecule is COc1cc(/C=C/C(=O)O[C@@H]2[C@@]3(C(C)C)O[C@H]3[C@@H]3O[C@]34[C@]23O[C@H]3C[C@H]2C3=C(CC[C@@]24C)C(=O)OC3)cc([N+](=O)[O-])c1OC. The van der Waals surface area contributed by atoms with Crippen molar-refractivity contribution in [3.63, 3.8) is 0 Å². The van der Waals surface area contributed by atoms with E-state index in [9.17, 15) is 19.7 Å². The fourth-order valence-electron chi connectivity index (χ4n) is 9.36. The van der Waals surface area contributed by atoms with Gasteiger partial charge in [-0.05, 0) is 54.4 Å². The van der Waals surface area contributed by atoms with Crippen molar-refractivity contribution in [3.8, 4) is 11.5 Å². The van der Waals surface area contributed by atoms with Gasteiger partial charge >= 0.3 is 17.6 Å². The van der Waals surface area contributed by atoms with E-state index in [0.717, 1.165) is 17.6 Å². The highest BCUT2D eigenvalue weighted by Crippen LogP contribution is 2.83. The number of rotatable bonds is 7. The van der Waals surface area contributed by atoms with Crippen molar-refractivity contribution in [2.45, 2.75) is 81.3 Å². The summed E-state index contributed by atoms with van der Waals surface area (Å²) in [4.78, 5) is 37.0. The number of methoxy groups -OCH3 is 2. The van der Waals surface area contributed by atoms with Crippen molar-refractivity contribution in [1.29, 1.82) is 0 Å². The molecule has 0 bridgehead atoms. The molecule has 8 rings (SSSR count). The Labute approximate surface area is 247 Å². The molecule has 43 heavy (non-hydrogen) atoms. The van der Waals surface area contributed by atoms with Crippen molar-refractivity contribution in [2.75, 3.05) is 20.8 Å². The van der Waals surface area contributed by atoms with Crippen LogP contribution >= 0.6 is 0 Å². The fourth-order valence-corrected chi connectivity index (χ4v) is 9.36. The van der Waals surface area contributed by atoms with Gasteiger partial charge in [0.15, 0.2) is 17.5 Å². The second-order valence-corrected chi connectivity index (χ2v) is 13.2. The van der Waals surface area contributed by atoms with Crippen LogP contribution in [0, 0.1) is 27.4 Å². The number of epoxide rings is 3. The summed E-state index contributed by atoms with van der Waals surface area (Å²) in [5.41, 5.74) is -0.744. The van der Waals surface area contributed by atoms with Gasteiger partial charge in [0, 0.05) is 23.1 Å². The first kappa shape index (κ1) is 27.1. The van der Waals surface area contributed by atoms with Gasteiger partial charge in [0.1, 0.15) is 30.0 Å². The van der Waals surface area contributed by atoms with Crippen LogP contribution in [0.25, 0.3) is 6.08 Å². The lowest BCUT2D eigenvalue weighted by Crippen LogP contribution is -2.70. The summed E-state index contributed by atoms with van der Waals surface area (Å²) in [6.45, 7) is 6.63. The summed E-state index contributed by atoms with van der Waals surface area (Å²) in [5, 5.41) is 11.6. The number of esters is 2. The summed E-state index contributed by atoms with van der Waals surface area (Å²) in [6, 6.07) is 2.86. The van der Waals surface area contributed by atoms with Gasteiger partial charge < -0.3 is 33.2 Å². The molecule has 4 heterocycles. The zero-order chi connectivity index (χ0) is 30.3. The Morgan fingerprint density at radius 3 is 2.65 bits per heavy atom. The van der Waals surface area contributed by atoms with Crippen molar-refractivity contribution >= 4 is 23.7 Å². The molecule has 0 N–H and O–H groups in total. The number of nitro benzene ring substituents is 1.